The highest BCUT2D eigenvalue weighted by molar-refractivity contribution is 7.97. The minimum Gasteiger partial charge on any atom is -0.338 e. The summed E-state index contributed by atoms with van der Waals surface area (Å²) < 4.78 is 3.92. The highest BCUT2D eigenvalue weighted by Gasteiger charge is 2.34. The van der Waals surface area contributed by atoms with Gasteiger partial charge in [-0.3, -0.25) is 13.8 Å². The van der Waals surface area contributed by atoms with E-state index in [1.54, 1.807) is 18.1 Å². The molecule has 0 spiro atoms. The van der Waals surface area contributed by atoms with Crippen molar-refractivity contribution in [2.45, 2.75) is 37.1 Å². The van der Waals surface area contributed by atoms with E-state index < -0.39 is 0 Å². The van der Waals surface area contributed by atoms with Crippen molar-refractivity contribution in [3.8, 4) is 6.07 Å². The van der Waals surface area contributed by atoms with E-state index >= 15 is 0 Å². The van der Waals surface area contributed by atoms with E-state index in [2.05, 4.69) is 39.7 Å². The monoisotopic (exact) mass is 408 g/mol. The Hall–Kier alpha value is -2.76. The number of aromatic amines is 1. The average molecular weight is 409 g/mol. The Morgan fingerprint density at radius 3 is 2.86 bits per heavy atom. The molecule has 150 valence electrons. The summed E-state index contributed by atoms with van der Waals surface area (Å²) in [6, 6.07) is 10.3. The lowest BCUT2D eigenvalue weighted by atomic mass is 10.1. The Kier molecular flexibility index (Phi) is 5.35. The fraction of sp³-hybridized carbons (Fsp3) is 0.381. The Morgan fingerprint density at radius 2 is 2.21 bits per heavy atom. The second-order valence-corrected chi connectivity index (χ2v) is 8.99. The van der Waals surface area contributed by atoms with Gasteiger partial charge in [0.1, 0.15) is 5.39 Å². The quantitative estimate of drug-likeness (QED) is 0.569. The molecule has 1 saturated carbocycles. The Balaban J connectivity index is 1.74. The van der Waals surface area contributed by atoms with Gasteiger partial charge in [0, 0.05) is 16.8 Å². The molecule has 2 heterocycles. The number of aromatic nitrogens is 3. The summed E-state index contributed by atoms with van der Waals surface area (Å²) in [4.78, 5) is 16.5. The van der Waals surface area contributed by atoms with E-state index in [1.165, 1.54) is 4.90 Å². The molecule has 0 aliphatic heterocycles. The van der Waals surface area contributed by atoms with Crippen LogP contribution in [0.25, 0.3) is 10.9 Å². The number of rotatable bonds is 7. The summed E-state index contributed by atoms with van der Waals surface area (Å²) >= 11 is 1.67. The zero-order chi connectivity index (χ0) is 20.5. The van der Waals surface area contributed by atoms with Gasteiger partial charge in [0.25, 0.3) is 5.56 Å². The first-order valence-electron chi connectivity index (χ1n) is 9.67. The normalized spacial score (nSPS) is 14.9. The third kappa shape index (κ3) is 4.02. The van der Waals surface area contributed by atoms with Crippen molar-refractivity contribution < 1.29 is 0 Å². The van der Waals surface area contributed by atoms with E-state index in [-0.39, 0.29) is 11.6 Å². The predicted octanol–water partition coefficient (Wildman–Crippen LogP) is 4.21. The number of aryl methyl sites for hydroxylation is 1. The summed E-state index contributed by atoms with van der Waals surface area (Å²) in [5, 5.41) is 17.9. The lowest BCUT2D eigenvalue weighted by molar-refractivity contribution is 0.426. The average Bonchev–Trinajstić information content (AvgIpc) is 3.44. The molecule has 4 rings (SSSR count). The number of pyridine rings is 1. The molecule has 0 radical (unpaired) electrons. The SMILES string of the molecule is Cc1cc(Nc2nn([C@@H](CC#N)C3CC3)c3cc[nH]c(=O)c23)ccc1SN(C)C. The van der Waals surface area contributed by atoms with Crippen LogP contribution in [0.15, 0.2) is 40.2 Å². The van der Waals surface area contributed by atoms with Crippen LogP contribution in [0.3, 0.4) is 0 Å². The van der Waals surface area contributed by atoms with Crippen molar-refractivity contribution in [1.29, 1.82) is 5.26 Å². The van der Waals surface area contributed by atoms with Crippen LogP contribution in [-0.2, 0) is 0 Å². The molecule has 1 aliphatic rings. The lowest BCUT2D eigenvalue weighted by Gasteiger charge is -2.14. The van der Waals surface area contributed by atoms with Crippen LogP contribution in [0.4, 0.5) is 11.5 Å². The third-order valence-corrected chi connectivity index (χ3v) is 6.15. The molecule has 3 aromatic rings. The highest BCUT2D eigenvalue weighted by Crippen LogP contribution is 2.43. The second kappa shape index (κ2) is 7.93. The van der Waals surface area contributed by atoms with E-state index in [1.807, 2.05) is 30.9 Å². The van der Waals surface area contributed by atoms with Gasteiger partial charge >= 0.3 is 0 Å². The number of anilines is 2. The van der Waals surface area contributed by atoms with Gasteiger partial charge in [-0.05, 0) is 81.6 Å². The molecular formula is C21H24N6OS. The van der Waals surface area contributed by atoms with Gasteiger partial charge in [-0.1, -0.05) is 0 Å². The second-order valence-electron chi connectivity index (χ2n) is 7.64. The molecule has 1 aliphatic carbocycles. The standard InChI is InChI=1S/C21H24N6OS/c1-13-12-15(6-7-18(13)29-26(2)3)24-20-19-17(9-11-23-21(19)28)27(25-20)16(8-10-22)14-4-5-14/h6-7,9,11-12,14,16H,4-5,8H2,1-3H3,(H,23,28)(H,24,25)/t16-/m0/s1. The summed E-state index contributed by atoms with van der Waals surface area (Å²) in [6.45, 7) is 2.07. The topological polar surface area (TPSA) is 89.7 Å². The molecule has 0 unspecified atom stereocenters. The lowest BCUT2D eigenvalue weighted by Crippen LogP contribution is -2.13. The maximum absolute atomic E-state index is 12.6. The molecule has 1 aromatic carbocycles. The number of H-pyrrole nitrogens is 1. The smallest absolute Gasteiger partial charge is 0.261 e. The summed E-state index contributed by atoms with van der Waals surface area (Å²) in [5.74, 6) is 0.979. The summed E-state index contributed by atoms with van der Waals surface area (Å²) in [5.41, 5.74) is 2.61. The van der Waals surface area contributed by atoms with Crippen LogP contribution >= 0.6 is 11.9 Å². The maximum atomic E-state index is 12.6. The van der Waals surface area contributed by atoms with E-state index in [0.29, 0.717) is 23.5 Å². The molecule has 1 atom stereocenters. The highest BCUT2D eigenvalue weighted by atomic mass is 32.2. The summed E-state index contributed by atoms with van der Waals surface area (Å²) in [7, 11) is 4.03. The Bertz CT molecular complexity index is 1140. The van der Waals surface area contributed by atoms with E-state index in [4.69, 9.17) is 5.10 Å². The van der Waals surface area contributed by atoms with Gasteiger partial charge in [-0.25, -0.2) is 0 Å². The van der Waals surface area contributed by atoms with Crippen molar-refractivity contribution in [3.05, 3.63) is 46.4 Å². The summed E-state index contributed by atoms with van der Waals surface area (Å²) in [6.07, 6.45) is 4.23. The molecule has 0 amide bonds. The molecule has 8 heteroatoms. The fourth-order valence-electron chi connectivity index (χ4n) is 3.63. The number of nitrogens with zero attached hydrogens (tertiary/aromatic N) is 4. The van der Waals surface area contributed by atoms with Crippen LogP contribution in [0, 0.1) is 24.2 Å². The van der Waals surface area contributed by atoms with Gasteiger partial charge in [-0.2, -0.15) is 10.4 Å². The molecule has 2 N–H and O–H groups in total. The number of hydrogen-bond acceptors (Lipinski definition) is 6. The molecule has 29 heavy (non-hydrogen) atoms. The first kappa shape index (κ1) is 19.6. The molecule has 7 nitrogen and oxygen atoms in total. The minimum absolute atomic E-state index is 0.000420. The molecule has 0 saturated heterocycles. The first-order chi connectivity index (χ1) is 14.0. The van der Waals surface area contributed by atoms with Gasteiger partial charge < -0.3 is 10.3 Å². The number of hydrogen-bond donors (Lipinski definition) is 2. The zero-order valence-electron chi connectivity index (χ0n) is 16.8. The predicted molar refractivity (Wildman–Crippen MR) is 116 cm³/mol. The first-order valence-corrected chi connectivity index (χ1v) is 10.4. The van der Waals surface area contributed by atoms with E-state index in [9.17, 15) is 10.1 Å². The van der Waals surface area contributed by atoms with Crippen molar-refractivity contribution in [2.75, 3.05) is 19.4 Å². The zero-order valence-corrected chi connectivity index (χ0v) is 17.6. The van der Waals surface area contributed by atoms with Crippen LogP contribution in [0.1, 0.15) is 30.9 Å². The minimum atomic E-state index is -0.181. The van der Waals surface area contributed by atoms with Gasteiger partial charge in [0.2, 0.25) is 0 Å². The van der Waals surface area contributed by atoms with Crippen molar-refractivity contribution in [3.63, 3.8) is 0 Å². The van der Waals surface area contributed by atoms with Crippen molar-refractivity contribution >= 4 is 34.4 Å². The molecule has 0 bridgehead atoms. The van der Waals surface area contributed by atoms with Gasteiger partial charge in [0.15, 0.2) is 5.82 Å². The number of nitriles is 1. The third-order valence-electron chi connectivity index (χ3n) is 5.13. The number of benzene rings is 1. The van der Waals surface area contributed by atoms with Gasteiger partial charge in [-0.15, -0.1) is 0 Å². The fourth-order valence-corrected chi connectivity index (χ4v) is 4.36. The Labute approximate surface area is 173 Å². The van der Waals surface area contributed by atoms with Crippen LogP contribution in [0.5, 0.6) is 0 Å². The number of nitrogens with one attached hydrogen (secondary N) is 2. The van der Waals surface area contributed by atoms with Crippen LogP contribution in [0.2, 0.25) is 0 Å². The molecule has 1 fully saturated rings. The number of fused-ring (bicyclic) bond motifs is 1. The largest absolute Gasteiger partial charge is 0.338 e. The van der Waals surface area contributed by atoms with E-state index in [0.717, 1.165) is 29.6 Å². The molecular weight excluding hydrogens is 384 g/mol. The Morgan fingerprint density at radius 1 is 1.41 bits per heavy atom. The van der Waals surface area contributed by atoms with Crippen LogP contribution < -0.4 is 10.9 Å². The maximum Gasteiger partial charge on any atom is 0.261 e. The van der Waals surface area contributed by atoms with Crippen molar-refractivity contribution in [2.24, 2.45) is 5.92 Å². The van der Waals surface area contributed by atoms with Crippen LogP contribution in [-0.4, -0.2) is 33.2 Å². The van der Waals surface area contributed by atoms with Gasteiger partial charge in [0.05, 0.1) is 24.0 Å². The molecule has 2 aromatic heterocycles. The van der Waals surface area contributed by atoms with Crippen molar-refractivity contribution in [1.82, 2.24) is 19.1 Å².